The Hall–Kier alpha value is -6.69. The minimum absolute atomic E-state index is 0.689. The zero-order chi connectivity index (χ0) is 38.5. The van der Waals surface area contributed by atoms with E-state index in [-0.39, 0.29) is 0 Å². The van der Waals surface area contributed by atoms with Crippen LogP contribution in [0.4, 0.5) is 0 Å². The van der Waals surface area contributed by atoms with Crippen LogP contribution in [0.2, 0.25) is 0 Å². The number of allylic oxidation sites excluding steroid dienone is 6. The molecule has 58 heavy (non-hydrogen) atoms. The van der Waals surface area contributed by atoms with Gasteiger partial charge in [0.15, 0.2) is 0 Å². The molecule has 5 heteroatoms. The summed E-state index contributed by atoms with van der Waals surface area (Å²) in [5.41, 5.74) is 14.4. The van der Waals surface area contributed by atoms with Crippen molar-refractivity contribution in [1.29, 1.82) is 0 Å². The fourth-order valence-corrected chi connectivity index (χ4v) is 10.8. The van der Waals surface area contributed by atoms with E-state index in [0.717, 1.165) is 52.5 Å². The summed E-state index contributed by atoms with van der Waals surface area (Å²) in [4.78, 5) is 13.2. The van der Waals surface area contributed by atoms with E-state index in [1.807, 2.05) is 0 Å². The van der Waals surface area contributed by atoms with Crippen LogP contribution < -0.4 is 0 Å². The van der Waals surface area contributed by atoms with Crippen LogP contribution in [0.5, 0.6) is 0 Å². The molecule has 0 saturated carbocycles. The van der Waals surface area contributed by atoms with Gasteiger partial charge in [0.1, 0.15) is 0 Å². The lowest BCUT2D eigenvalue weighted by molar-refractivity contribution is 0.876. The summed E-state index contributed by atoms with van der Waals surface area (Å²) >= 11 is 1.80. The summed E-state index contributed by atoms with van der Waals surface area (Å²) in [5.74, 6) is 0.689. The lowest BCUT2D eigenvalue weighted by Gasteiger charge is -2.22. The van der Waals surface area contributed by atoms with Gasteiger partial charge in [0, 0.05) is 53.4 Å². The molecular formula is C53H38N4S. The third-order valence-electron chi connectivity index (χ3n) is 12.3. The van der Waals surface area contributed by atoms with Crippen LogP contribution in [0.1, 0.15) is 33.1 Å². The van der Waals surface area contributed by atoms with Crippen LogP contribution in [0.3, 0.4) is 0 Å². The zero-order valence-corrected chi connectivity index (χ0v) is 33.1. The van der Waals surface area contributed by atoms with Crippen molar-refractivity contribution in [2.45, 2.75) is 42.9 Å². The highest BCUT2D eigenvalue weighted by molar-refractivity contribution is 7.99. The highest BCUT2D eigenvalue weighted by Gasteiger charge is 2.25. The van der Waals surface area contributed by atoms with Crippen molar-refractivity contribution in [2.24, 2.45) is 0 Å². The van der Waals surface area contributed by atoms with Crippen LogP contribution in [-0.2, 0) is 0 Å². The molecular weight excluding hydrogens is 725 g/mol. The summed E-state index contributed by atoms with van der Waals surface area (Å²) in [5, 5.41) is 8.41. The van der Waals surface area contributed by atoms with Crippen molar-refractivity contribution in [1.82, 2.24) is 19.1 Å². The van der Waals surface area contributed by atoms with E-state index in [0.29, 0.717) is 5.95 Å². The Morgan fingerprint density at radius 1 is 0.638 bits per heavy atom. The Morgan fingerprint density at radius 2 is 1.36 bits per heavy atom. The molecule has 0 unspecified atom stereocenters. The number of rotatable bonds is 5. The molecule has 7 aromatic carbocycles. The number of hydrogen-bond acceptors (Lipinski definition) is 3. The van der Waals surface area contributed by atoms with Crippen LogP contribution >= 0.6 is 11.8 Å². The van der Waals surface area contributed by atoms with Crippen LogP contribution in [0.25, 0.3) is 99.3 Å². The molecule has 2 aliphatic rings. The number of benzene rings is 7. The van der Waals surface area contributed by atoms with Crippen LogP contribution in [-0.4, -0.2) is 19.1 Å². The van der Waals surface area contributed by atoms with Crippen molar-refractivity contribution in [3.8, 4) is 28.3 Å². The Kier molecular flexibility index (Phi) is 7.45. The van der Waals surface area contributed by atoms with Crippen LogP contribution in [0, 0.1) is 0 Å². The molecule has 3 aromatic heterocycles. The van der Waals surface area contributed by atoms with Crippen molar-refractivity contribution in [2.75, 3.05) is 0 Å². The highest BCUT2D eigenvalue weighted by atomic mass is 32.2. The molecule has 0 amide bonds. The first kappa shape index (κ1) is 33.4. The quantitative estimate of drug-likeness (QED) is 0.175. The lowest BCUT2D eigenvalue weighted by Crippen LogP contribution is -2.06. The third-order valence-corrected chi connectivity index (χ3v) is 13.5. The highest BCUT2D eigenvalue weighted by Crippen LogP contribution is 2.48. The molecule has 4 nitrogen and oxygen atoms in total. The van der Waals surface area contributed by atoms with Crippen molar-refractivity contribution in [3.05, 3.63) is 169 Å². The van der Waals surface area contributed by atoms with Crippen LogP contribution in [0.15, 0.2) is 179 Å². The monoisotopic (exact) mass is 762 g/mol. The predicted molar refractivity (Wildman–Crippen MR) is 245 cm³/mol. The van der Waals surface area contributed by atoms with Gasteiger partial charge in [0.2, 0.25) is 5.95 Å². The Balaban J connectivity index is 1.09. The summed E-state index contributed by atoms with van der Waals surface area (Å²) in [6.45, 7) is 4.41. The second kappa shape index (κ2) is 12.9. The molecule has 0 bridgehead atoms. The number of para-hydroxylation sites is 1. The van der Waals surface area contributed by atoms with Gasteiger partial charge >= 0.3 is 0 Å². The molecule has 276 valence electrons. The molecule has 0 saturated heterocycles. The maximum atomic E-state index is 5.46. The smallest absolute Gasteiger partial charge is 0.235 e. The molecule has 12 rings (SSSR count). The minimum atomic E-state index is 0.689. The number of fused-ring (bicyclic) bond motifs is 10. The first-order valence-corrected chi connectivity index (χ1v) is 21.1. The molecule has 0 radical (unpaired) electrons. The number of nitrogens with zero attached hydrogens (tertiary/aromatic N) is 4. The third kappa shape index (κ3) is 4.83. The van der Waals surface area contributed by atoms with Gasteiger partial charge in [-0.05, 0) is 96.8 Å². The van der Waals surface area contributed by atoms with E-state index in [4.69, 9.17) is 9.97 Å². The molecule has 10 aromatic rings. The average molecular weight is 763 g/mol. The number of hydrogen-bond donors (Lipinski definition) is 0. The van der Waals surface area contributed by atoms with Crippen molar-refractivity contribution >= 4 is 82.7 Å². The van der Waals surface area contributed by atoms with Gasteiger partial charge in [0.25, 0.3) is 0 Å². The summed E-state index contributed by atoms with van der Waals surface area (Å²) in [7, 11) is 0. The van der Waals surface area contributed by atoms with Gasteiger partial charge in [-0.2, -0.15) is 0 Å². The minimum Gasteiger partial charge on any atom is -0.309 e. The van der Waals surface area contributed by atoms with Gasteiger partial charge < -0.3 is 4.57 Å². The predicted octanol–water partition coefficient (Wildman–Crippen LogP) is 14.7. The SMILES string of the molecule is C/C=C\C1=C(CC)CCC=C1n1c2ccccc2c2cc(-c3ccc4c(c3)c3ccc5ccccc5c3n4-c3nc4c5c(cccc5n3)Sc3ccccc3-4)ccc21. The van der Waals surface area contributed by atoms with E-state index in [9.17, 15) is 0 Å². The largest absolute Gasteiger partial charge is 0.309 e. The van der Waals surface area contributed by atoms with Gasteiger partial charge in [-0.25, -0.2) is 9.97 Å². The Bertz CT molecular complexity index is 3480. The summed E-state index contributed by atoms with van der Waals surface area (Å²) in [6, 6.07) is 51.1. The van der Waals surface area contributed by atoms with Gasteiger partial charge in [-0.3, -0.25) is 4.57 Å². The number of aromatic nitrogens is 4. The molecule has 4 heterocycles. The van der Waals surface area contributed by atoms with E-state index >= 15 is 0 Å². The average Bonchev–Trinajstić information content (AvgIpc) is 3.79. The summed E-state index contributed by atoms with van der Waals surface area (Å²) < 4.78 is 4.80. The van der Waals surface area contributed by atoms with E-state index in [1.54, 1.807) is 11.8 Å². The first-order chi connectivity index (χ1) is 28.7. The Labute approximate surface area is 340 Å². The van der Waals surface area contributed by atoms with Crippen molar-refractivity contribution < 1.29 is 0 Å². The van der Waals surface area contributed by atoms with Gasteiger partial charge in [-0.1, -0.05) is 133 Å². The summed E-state index contributed by atoms with van der Waals surface area (Å²) in [6.07, 6.45) is 10.2. The van der Waals surface area contributed by atoms with E-state index in [2.05, 4.69) is 181 Å². The van der Waals surface area contributed by atoms with E-state index in [1.165, 1.54) is 81.1 Å². The molecule has 1 aliphatic carbocycles. The Morgan fingerprint density at radius 3 is 2.21 bits per heavy atom. The first-order valence-electron chi connectivity index (χ1n) is 20.3. The maximum Gasteiger partial charge on any atom is 0.235 e. The molecule has 0 N–H and O–H groups in total. The normalized spacial score (nSPS) is 14.2. The van der Waals surface area contributed by atoms with Gasteiger partial charge in [-0.15, -0.1) is 0 Å². The standard InChI is InChI=1S/C53H38N4S/c1-3-13-36-32(4-2)15-11-21-44(36)56-45-20-9-7-17-38(45)41-30-34(25-28-46(41)56)35-26-29-47-42(31-35)39-27-24-33-14-5-6-16-37(33)52(39)57(47)53-54-43-19-12-23-49-50(43)51(55-53)40-18-8-10-22-48(40)58-49/h3,5-10,12-14,16-31H,4,11,15H2,1-2H3/b13-3-. The van der Waals surface area contributed by atoms with Crippen molar-refractivity contribution in [3.63, 3.8) is 0 Å². The zero-order valence-electron chi connectivity index (χ0n) is 32.3. The molecule has 0 atom stereocenters. The molecule has 1 aliphatic heterocycles. The maximum absolute atomic E-state index is 5.46. The molecule has 0 spiro atoms. The fraction of sp³-hybridized carbons (Fsp3) is 0.0943. The molecule has 0 fully saturated rings. The second-order valence-electron chi connectivity index (χ2n) is 15.5. The van der Waals surface area contributed by atoms with Gasteiger partial charge in [0.05, 0.1) is 33.3 Å². The lowest BCUT2D eigenvalue weighted by atomic mass is 9.92. The topological polar surface area (TPSA) is 35.6 Å². The fourth-order valence-electron chi connectivity index (χ4n) is 9.73. The second-order valence-corrected chi connectivity index (χ2v) is 16.5. The van der Waals surface area contributed by atoms with E-state index < -0.39 is 0 Å².